The molecule has 0 aliphatic heterocycles. The van der Waals surface area contributed by atoms with Gasteiger partial charge in [0, 0.05) is 10.6 Å². The number of fused-ring (bicyclic) bond motifs is 6. The predicted octanol–water partition coefficient (Wildman–Crippen LogP) is 3.55. The van der Waals surface area contributed by atoms with E-state index in [9.17, 15) is 0 Å². The summed E-state index contributed by atoms with van der Waals surface area (Å²) in [7, 11) is 0. The molecule has 3 aromatic heterocycles. The van der Waals surface area contributed by atoms with Gasteiger partial charge in [-0.2, -0.15) is 0 Å². The minimum Gasteiger partial charge on any atom is -0.274 e. The van der Waals surface area contributed by atoms with Gasteiger partial charge in [0.1, 0.15) is 5.82 Å². The van der Waals surface area contributed by atoms with Gasteiger partial charge in [0.25, 0.3) is 0 Å². The number of aryl methyl sites for hydroxylation is 1. The maximum atomic E-state index is 6.00. The zero-order chi connectivity index (χ0) is 16.3. The van der Waals surface area contributed by atoms with E-state index in [0.717, 1.165) is 28.2 Å². The Morgan fingerprint density at radius 3 is 2.12 bits per heavy atom. The number of aromatic nitrogens is 6. The van der Waals surface area contributed by atoms with Crippen LogP contribution in [-0.4, -0.2) is 29.2 Å². The molecule has 0 saturated heterocycles. The molecule has 3 heterocycles. The van der Waals surface area contributed by atoms with E-state index < -0.39 is 0 Å². The fourth-order valence-electron chi connectivity index (χ4n) is 3.08. The number of para-hydroxylation sites is 2. The Morgan fingerprint density at radius 1 is 0.750 bits per heavy atom. The number of rotatable bonds is 1. The van der Waals surface area contributed by atoms with Crippen LogP contribution in [0.2, 0.25) is 5.02 Å². The van der Waals surface area contributed by atoms with Gasteiger partial charge in [-0.1, -0.05) is 23.7 Å². The lowest BCUT2D eigenvalue weighted by atomic mass is 10.2. The van der Waals surface area contributed by atoms with E-state index in [0.29, 0.717) is 16.3 Å². The van der Waals surface area contributed by atoms with Crippen molar-refractivity contribution >= 4 is 33.9 Å². The molecule has 2 aromatic carbocycles. The number of nitrogens with zero attached hydrogens (tertiary/aromatic N) is 6. The fourth-order valence-corrected chi connectivity index (χ4v) is 3.21. The van der Waals surface area contributed by atoms with Crippen LogP contribution in [0.15, 0.2) is 48.5 Å². The summed E-state index contributed by atoms with van der Waals surface area (Å²) in [6, 6.07) is 15.7. The van der Waals surface area contributed by atoms with E-state index >= 15 is 0 Å². The number of benzene rings is 2. The highest BCUT2D eigenvalue weighted by atomic mass is 35.5. The van der Waals surface area contributed by atoms with Crippen LogP contribution in [0.4, 0.5) is 0 Å². The van der Waals surface area contributed by atoms with Crippen molar-refractivity contribution in [2.75, 3.05) is 0 Å². The van der Waals surface area contributed by atoms with Crippen molar-refractivity contribution in [3.05, 3.63) is 59.4 Å². The molecule has 0 amide bonds. The minimum absolute atomic E-state index is 0.680. The van der Waals surface area contributed by atoms with Gasteiger partial charge in [-0.05, 0) is 43.3 Å². The summed E-state index contributed by atoms with van der Waals surface area (Å²) in [6.07, 6.45) is 0. The van der Waals surface area contributed by atoms with Crippen molar-refractivity contribution in [2.24, 2.45) is 0 Å². The molecule has 0 aliphatic carbocycles. The molecule has 0 atom stereocenters. The first-order chi connectivity index (χ1) is 11.7. The Hall–Kier alpha value is -2.99. The second-order valence-corrected chi connectivity index (χ2v) is 6.02. The first-order valence-corrected chi connectivity index (χ1v) is 7.85. The van der Waals surface area contributed by atoms with E-state index in [-0.39, 0.29) is 0 Å². The monoisotopic (exact) mass is 334 g/mol. The highest BCUT2D eigenvalue weighted by Crippen LogP contribution is 2.27. The molecular formula is C17H11ClN6. The first kappa shape index (κ1) is 13.4. The summed E-state index contributed by atoms with van der Waals surface area (Å²) in [4.78, 5) is 0. The lowest BCUT2D eigenvalue weighted by Crippen LogP contribution is -1.99. The molecule has 5 rings (SSSR count). The van der Waals surface area contributed by atoms with Gasteiger partial charge in [-0.25, -0.2) is 0 Å². The molecule has 116 valence electrons. The second kappa shape index (κ2) is 4.75. The Bertz CT molecular complexity index is 1220. The van der Waals surface area contributed by atoms with Crippen LogP contribution in [0.3, 0.4) is 0 Å². The zero-order valence-electron chi connectivity index (χ0n) is 12.7. The van der Waals surface area contributed by atoms with Crippen molar-refractivity contribution in [2.45, 2.75) is 6.92 Å². The first-order valence-electron chi connectivity index (χ1n) is 7.47. The van der Waals surface area contributed by atoms with Crippen LogP contribution in [0.25, 0.3) is 33.7 Å². The molecular weight excluding hydrogens is 324 g/mol. The smallest absolute Gasteiger partial charge is 0.207 e. The third-order valence-electron chi connectivity index (χ3n) is 4.15. The van der Waals surface area contributed by atoms with E-state index in [1.807, 2.05) is 64.3 Å². The average Bonchev–Trinajstić information content (AvgIpc) is 3.20. The van der Waals surface area contributed by atoms with Crippen molar-refractivity contribution in [1.29, 1.82) is 0 Å². The second-order valence-electron chi connectivity index (χ2n) is 5.58. The summed E-state index contributed by atoms with van der Waals surface area (Å²) >= 11 is 6.00. The predicted molar refractivity (Wildman–Crippen MR) is 92.2 cm³/mol. The molecule has 0 bridgehead atoms. The SMILES string of the molecule is Cc1nnc2c3nnc(-c4ccc(Cl)cc4)n3c3ccccc3n12. The van der Waals surface area contributed by atoms with Gasteiger partial charge in [0.2, 0.25) is 11.3 Å². The highest BCUT2D eigenvalue weighted by molar-refractivity contribution is 6.30. The highest BCUT2D eigenvalue weighted by Gasteiger charge is 2.18. The van der Waals surface area contributed by atoms with E-state index in [2.05, 4.69) is 20.4 Å². The van der Waals surface area contributed by atoms with Crippen LogP contribution in [0.1, 0.15) is 5.82 Å². The molecule has 0 unspecified atom stereocenters. The number of halogens is 1. The lowest BCUT2D eigenvalue weighted by molar-refractivity contribution is 1.02. The molecule has 5 aromatic rings. The van der Waals surface area contributed by atoms with Gasteiger partial charge >= 0.3 is 0 Å². The van der Waals surface area contributed by atoms with Gasteiger partial charge in [0.15, 0.2) is 5.82 Å². The van der Waals surface area contributed by atoms with Crippen molar-refractivity contribution in [1.82, 2.24) is 29.2 Å². The van der Waals surface area contributed by atoms with E-state index in [4.69, 9.17) is 11.6 Å². The quantitative estimate of drug-likeness (QED) is 0.470. The summed E-state index contributed by atoms with van der Waals surface area (Å²) in [6.45, 7) is 1.93. The molecule has 0 aliphatic rings. The van der Waals surface area contributed by atoms with Gasteiger partial charge < -0.3 is 0 Å². The summed E-state index contributed by atoms with van der Waals surface area (Å²) in [5.74, 6) is 1.57. The summed E-state index contributed by atoms with van der Waals surface area (Å²) in [5.41, 5.74) is 4.33. The molecule has 0 saturated carbocycles. The van der Waals surface area contributed by atoms with Crippen molar-refractivity contribution in [3.63, 3.8) is 0 Å². The normalized spacial score (nSPS) is 11.8. The molecule has 6 nitrogen and oxygen atoms in total. The van der Waals surface area contributed by atoms with E-state index in [1.54, 1.807) is 0 Å². The number of hydrogen-bond acceptors (Lipinski definition) is 4. The molecule has 0 N–H and O–H groups in total. The molecule has 0 fully saturated rings. The third-order valence-corrected chi connectivity index (χ3v) is 4.41. The Morgan fingerprint density at radius 2 is 1.38 bits per heavy atom. The Balaban J connectivity index is 2.00. The Kier molecular flexibility index (Phi) is 2.66. The zero-order valence-corrected chi connectivity index (χ0v) is 13.4. The van der Waals surface area contributed by atoms with Crippen LogP contribution < -0.4 is 0 Å². The molecule has 7 heteroatoms. The fraction of sp³-hybridized carbons (Fsp3) is 0.0588. The topological polar surface area (TPSA) is 60.4 Å². The lowest BCUT2D eigenvalue weighted by Gasteiger charge is -2.08. The maximum Gasteiger partial charge on any atom is 0.207 e. The summed E-state index contributed by atoms with van der Waals surface area (Å²) < 4.78 is 4.02. The molecule has 0 radical (unpaired) electrons. The van der Waals surface area contributed by atoms with Crippen LogP contribution in [0.5, 0.6) is 0 Å². The van der Waals surface area contributed by atoms with Gasteiger partial charge in [-0.15, -0.1) is 20.4 Å². The Labute approximate surface area is 141 Å². The van der Waals surface area contributed by atoms with Crippen molar-refractivity contribution < 1.29 is 0 Å². The van der Waals surface area contributed by atoms with E-state index in [1.165, 1.54) is 0 Å². The van der Waals surface area contributed by atoms with Crippen LogP contribution >= 0.6 is 11.6 Å². The molecule has 0 spiro atoms. The third kappa shape index (κ3) is 1.71. The largest absolute Gasteiger partial charge is 0.274 e. The maximum absolute atomic E-state index is 6.00. The molecule has 24 heavy (non-hydrogen) atoms. The van der Waals surface area contributed by atoms with Crippen LogP contribution in [-0.2, 0) is 0 Å². The van der Waals surface area contributed by atoms with Gasteiger partial charge in [0.05, 0.1) is 11.0 Å². The number of hydrogen-bond donors (Lipinski definition) is 0. The van der Waals surface area contributed by atoms with Crippen molar-refractivity contribution in [3.8, 4) is 11.4 Å². The minimum atomic E-state index is 0.680. The average molecular weight is 335 g/mol. The standard InChI is InChI=1S/C17H11ClN6/c1-10-19-21-16-17-22-20-15(11-6-8-12(18)9-7-11)24(17)14-5-3-2-4-13(14)23(10)16/h2-9H,1H3. The van der Waals surface area contributed by atoms with Crippen LogP contribution in [0, 0.1) is 6.92 Å². The van der Waals surface area contributed by atoms with Gasteiger partial charge in [-0.3, -0.25) is 8.80 Å². The summed E-state index contributed by atoms with van der Waals surface area (Å²) in [5, 5.41) is 17.9.